The highest BCUT2D eigenvalue weighted by atomic mass is 16.5. The molecule has 0 aliphatic carbocycles. The predicted molar refractivity (Wildman–Crippen MR) is 57.4 cm³/mol. The Morgan fingerprint density at radius 3 is 2.86 bits per heavy atom. The average molecular weight is 201 g/mol. The topological polar surface area (TPSA) is 41.5 Å². The van der Waals surface area contributed by atoms with E-state index in [-0.39, 0.29) is 12.1 Å². The Hall–Kier alpha value is -0.120. The van der Waals surface area contributed by atoms with Gasteiger partial charge in [0, 0.05) is 12.1 Å². The molecule has 0 spiro atoms. The minimum atomic E-state index is -0.112. The third-order valence-corrected chi connectivity index (χ3v) is 3.17. The van der Waals surface area contributed by atoms with Crippen molar-refractivity contribution in [3.05, 3.63) is 0 Å². The van der Waals surface area contributed by atoms with Crippen molar-refractivity contribution >= 4 is 0 Å². The van der Waals surface area contributed by atoms with Gasteiger partial charge in [-0.2, -0.15) is 0 Å². The van der Waals surface area contributed by atoms with Gasteiger partial charge in [-0.05, 0) is 39.2 Å². The quantitative estimate of drug-likeness (QED) is 0.681. The molecule has 2 atom stereocenters. The zero-order valence-corrected chi connectivity index (χ0v) is 9.38. The lowest BCUT2D eigenvalue weighted by molar-refractivity contribution is 0.0978. The highest BCUT2D eigenvalue weighted by molar-refractivity contribution is 4.81. The van der Waals surface area contributed by atoms with Crippen LogP contribution in [0.2, 0.25) is 0 Å². The minimum Gasteiger partial charge on any atom is -0.394 e. The van der Waals surface area contributed by atoms with E-state index in [1.54, 1.807) is 0 Å². The van der Waals surface area contributed by atoms with Crippen molar-refractivity contribution in [2.24, 2.45) is 0 Å². The molecule has 1 heterocycles. The fourth-order valence-electron chi connectivity index (χ4n) is 1.70. The van der Waals surface area contributed by atoms with Crippen molar-refractivity contribution < 1.29 is 9.84 Å². The van der Waals surface area contributed by atoms with Crippen LogP contribution >= 0.6 is 0 Å². The molecule has 1 saturated heterocycles. The summed E-state index contributed by atoms with van der Waals surface area (Å²) in [6.07, 6.45) is 4.87. The van der Waals surface area contributed by atoms with Gasteiger partial charge in [0.2, 0.25) is 0 Å². The molecule has 2 N–H and O–H groups in total. The van der Waals surface area contributed by atoms with Crippen LogP contribution in [0.5, 0.6) is 0 Å². The van der Waals surface area contributed by atoms with Gasteiger partial charge in [-0.15, -0.1) is 0 Å². The first-order valence-corrected chi connectivity index (χ1v) is 5.67. The molecule has 1 aliphatic rings. The maximum atomic E-state index is 9.18. The van der Waals surface area contributed by atoms with Crippen LogP contribution in [-0.4, -0.2) is 36.5 Å². The number of nitrogens with one attached hydrogen (secondary N) is 1. The number of hydrogen-bond donors (Lipinski definition) is 2. The summed E-state index contributed by atoms with van der Waals surface area (Å²) < 4.78 is 5.53. The molecule has 0 saturated carbocycles. The first kappa shape index (κ1) is 12.0. The zero-order valence-electron chi connectivity index (χ0n) is 9.38. The first-order chi connectivity index (χ1) is 6.70. The van der Waals surface area contributed by atoms with Crippen molar-refractivity contribution in [3.8, 4) is 0 Å². The summed E-state index contributed by atoms with van der Waals surface area (Å²) in [6, 6.07) is 0. The first-order valence-electron chi connectivity index (χ1n) is 5.67. The number of aliphatic hydroxyl groups is 1. The number of aliphatic hydroxyl groups excluding tert-OH is 1. The molecule has 2 unspecified atom stereocenters. The molecule has 1 fully saturated rings. The summed E-state index contributed by atoms with van der Waals surface area (Å²) in [7, 11) is 0. The summed E-state index contributed by atoms with van der Waals surface area (Å²) in [6.45, 7) is 6.22. The van der Waals surface area contributed by atoms with E-state index in [4.69, 9.17) is 4.74 Å². The Morgan fingerprint density at radius 1 is 1.57 bits per heavy atom. The van der Waals surface area contributed by atoms with Crippen molar-refractivity contribution in [2.45, 2.75) is 51.2 Å². The molecular formula is C11H23NO2. The highest BCUT2D eigenvalue weighted by Gasteiger charge is 2.21. The van der Waals surface area contributed by atoms with Gasteiger partial charge in [0.1, 0.15) is 0 Å². The second-order valence-electron chi connectivity index (χ2n) is 4.42. The van der Waals surface area contributed by atoms with Gasteiger partial charge in [0.25, 0.3) is 0 Å². The molecule has 0 aromatic rings. The van der Waals surface area contributed by atoms with E-state index in [2.05, 4.69) is 19.2 Å². The Labute approximate surface area is 86.8 Å². The number of ether oxygens (including phenoxy) is 1. The van der Waals surface area contributed by atoms with Crippen LogP contribution in [0.25, 0.3) is 0 Å². The van der Waals surface area contributed by atoms with Gasteiger partial charge in [0.15, 0.2) is 0 Å². The monoisotopic (exact) mass is 201 g/mol. The van der Waals surface area contributed by atoms with Gasteiger partial charge in [0.05, 0.1) is 12.7 Å². The number of hydrogen-bond acceptors (Lipinski definition) is 3. The third kappa shape index (κ3) is 3.56. The summed E-state index contributed by atoms with van der Waals surface area (Å²) in [4.78, 5) is 0. The molecule has 0 amide bonds. The van der Waals surface area contributed by atoms with Crippen molar-refractivity contribution in [1.29, 1.82) is 0 Å². The van der Waals surface area contributed by atoms with Crippen molar-refractivity contribution in [3.63, 3.8) is 0 Å². The van der Waals surface area contributed by atoms with Gasteiger partial charge in [-0.25, -0.2) is 0 Å². The largest absolute Gasteiger partial charge is 0.394 e. The molecule has 84 valence electrons. The van der Waals surface area contributed by atoms with Crippen LogP contribution in [0.15, 0.2) is 0 Å². The average Bonchev–Trinajstić information content (AvgIpc) is 2.70. The number of rotatable bonds is 6. The van der Waals surface area contributed by atoms with E-state index in [1.165, 1.54) is 12.8 Å². The molecule has 3 heteroatoms. The Bertz CT molecular complexity index is 151. The molecule has 0 aromatic carbocycles. The van der Waals surface area contributed by atoms with Gasteiger partial charge < -0.3 is 15.2 Å². The van der Waals surface area contributed by atoms with E-state index in [9.17, 15) is 5.11 Å². The van der Waals surface area contributed by atoms with E-state index in [0.29, 0.717) is 6.10 Å². The molecule has 14 heavy (non-hydrogen) atoms. The predicted octanol–water partition coefficient (Wildman–Crippen LogP) is 1.31. The van der Waals surface area contributed by atoms with Crippen LogP contribution in [0.3, 0.4) is 0 Å². The molecule has 1 rings (SSSR count). The normalized spacial score (nSPS) is 26.4. The van der Waals surface area contributed by atoms with Crippen molar-refractivity contribution in [2.75, 3.05) is 19.8 Å². The molecule has 0 radical (unpaired) electrons. The SMILES string of the molecule is CCC(C)(CO)NCCC1CCCO1. The second kappa shape index (κ2) is 5.69. The van der Waals surface area contributed by atoms with Gasteiger partial charge in [-0.1, -0.05) is 6.92 Å². The molecule has 3 nitrogen and oxygen atoms in total. The standard InChI is InChI=1S/C11H23NO2/c1-3-11(2,9-13)12-7-6-10-5-4-8-14-10/h10,12-13H,3-9H2,1-2H3. The van der Waals surface area contributed by atoms with E-state index in [1.807, 2.05) is 0 Å². The van der Waals surface area contributed by atoms with Crippen LogP contribution in [0, 0.1) is 0 Å². The zero-order chi connectivity index (χ0) is 10.4. The lowest BCUT2D eigenvalue weighted by Gasteiger charge is -2.27. The van der Waals surface area contributed by atoms with E-state index < -0.39 is 0 Å². The van der Waals surface area contributed by atoms with E-state index >= 15 is 0 Å². The van der Waals surface area contributed by atoms with Crippen LogP contribution in [0.1, 0.15) is 39.5 Å². The smallest absolute Gasteiger partial charge is 0.0610 e. The highest BCUT2D eigenvalue weighted by Crippen LogP contribution is 2.15. The summed E-state index contributed by atoms with van der Waals surface area (Å²) in [5.74, 6) is 0. The van der Waals surface area contributed by atoms with Crippen LogP contribution in [-0.2, 0) is 4.74 Å². The van der Waals surface area contributed by atoms with Crippen molar-refractivity contribution in [1.82, 2.24) is 5.32 Å². The molecule has 0 aromatic heterocycles. The van der Waals surface area contributed by atoms with Crippen LogP contribution < -0.4 is 5.32 Å². The molecule has 0 bridgehead atoms. The third-order valence-electron chi connectivity index (χ3n) is 3.17. The molecular weight excluding hydrogens is 178 g/mol. The fourth-order valence-corrected chi connectivity index (χ4v) is 1.70. The summed E-state index contributed by atoms with van der Waals surface area (Å²) in [5.41, 5.74) is -0.112. The minimum absolute atomic E-state index is 0.112. The summed E-state index contributed by atoms with van der Waals surface area (Å²) in [5, 5.41) is 12.6. The Balaban J connectivity index is 2.12. The maximum absolute atomic E-state index is 9.18. The Kier molecular flexibility index (Phi) is 4.85. The molecule has 1 aliphatic heterocycles. The second-order valence-corrected chi connectivity index (χ2v) is 4.42. The van der Waals surface area contributed by atoms with Gasteiger partial charge in [-0.3, -0.25) is 0 Å². The fraction of sp³-hybridized carbons (Fsp3) is 1.00. The van der Waals surface area contributed by atoms with Gasteiger partial charge >= 0.3 is 0 Å². The van der Waals surface area contributed by atoms with Crippen LogP contribution in [0.4, 0.5) is 0 Å². The van der Waals surface area contributed by atoms with E-state index in [0.717, 1.165) is 26.0 Å². The lowest BCUT2D eigenvalue weighted by Crippen LogP contribution is -2.46. The Morgan fingerprint density at radius 2 is 2.36 bits per heavy atom. The lowest BCUT2D eigenvalue weighted by atomic mass is 10.00. The maximum Gasteiger partial charge on any atom is 0.0610 e. The summed E-state index contributed by atoms with van der Waals surface area (Å²) >= 11 is 0.